The number of ether oxygens (including phenoxy) is 1. The molecule has 0 aromatic heterocycles. The Balaban J connectivity index is 2.23. The van der Waals surface area contributed by atoms with Gasteiger partial charge in [0.2, 0.25) is 0 Å². The SMILES string of the molecule is COc1ccc(C)cc1N/C=C(/C#N)C(=O)N(Cc1ccccc1)C(C)C. The first-order chi connectivity index (χ1) is 13.0. The summed E-state index contributed by atoms with van der Waals surface area (Å²) in [4.78, 5) is 14.6. The summed E-state index contributed by atoms with van der Waals surface area (Å²) in [5.41, 5.74) is 2.81. The maximum Gasteiger partial charge on any atom is 0.266 e. The monoisotopic (exact) mass is 363 g/mol. The predicted octanol–water partition coefficient (Wildman–Crippen LogP) is 4.26. The summed E-state index contributed by atoms with van der Waals surface area (Å²) in [5.74, 6) is 0.335. The molecule has 0 unspecified atom stereocenters. The molecule has 0 aliphatic heterocycles. The maximum absolute atomic E-state index is 12.9. The first kappa shape index (κ1) is 20.1. The Morgan fingerprint density at radius 1 is 1.26 bits per heavy atom. The molecule has 0 heterocycles. The number of carbonyl (C=O) groups is 1. The van der Waals surface area contributed by atoms with Gasteiger partial charge in [-0.05, 0) is 44.0 Å². The van der Waals surface area contributed by atoms with Gasteiger partial charge in [-0.25, -0.2) is 0 Å². The molecule has 0 bridgehead atoms. The summed E-state index contributed by atoms with van der Waals surface area (Å²) < 4.78 is 5.32. The number of benzene rings is 2. The third-order valence-electron chi connectivity index (χ3n) is 4.16. The van der Waals surface area contributed by atoms with E-state index in [1.165, 1.54) is 6.20 Å². The van der Waals surface area contributed by atoms with E-state index in [0.717, 1.165) is 11.1 Å². The minimum atomic E-state index is -0.310. The molecule has 27 heavy (non-hydrogen) atoms. The molecule has 2 rings (SSSR count). The van der Waals surface area contributed by atoms with E-state index in [2.05, 4.69) is 5.32 Å². The molecule has 0 spiro atoms. The number of anilines is 1. The van der Waals surface area contributed by atoms with Crippen LogP contribution in [0.1, 0.15) is 25.0 Å². The van der Waals surface area contributed by atoms with Gasteiger partial charge in [0, 0.05) is 18.8 Å². The predicted molar refractivity (Wildman–Crippen MR) is 107 cm³/mol. The number of nitrogens with one attached hydrogen (secondary N) is 1. The number of aryl methyl sites for hydroxylation is 1. The summed E-state index contributed by atoms with van der Waals surface area (Å²) in [7, 11) is 1.58. The highest BCUT2D eigenvalue weighted by Gasteiger charge is 2.21. The van der Waals surface area contributed by atoms with Crippen molar-refractivity contribution in [1.29, 1.82) is 5.26 Å². The summed E-state index contributed by atoms with van der Waals surface area (Å²) in [6, 6.07) is 17.4. The lowest BCUT2D eigenvalue weighted by atomic mass is 10.1. The van der Waals surface area contributed by atoms with E-state index < -0.39 is 0 Å². The van der Waals surface area contributed by atoms with Crippen molar-refractivity contribution in [3.05, 3.63) is 71.4 Å². The molecular weight excluding hydrogens is 338 g/mol. The molecule has 0 radical (unpaired) electrons. The first-order valence-corrected chi connectivity index (χ1v) is 8.82. The average molecular weight is 363 g/mol. The third kappa shape index (κ3) is 5.35. The van der Waals surface area contributed by atoms with Gasteiger partial charge in [-0.1, -0.05) is 36.4 Å². The minimum absolute atomic E-state index is 0.0389. The van der Waals surface area contributed by atoms with Crippen molar-refractivity contribution in [3.63, 3.8) is 0 Å². The maximum atomic E-state index is 12.9. The van der Waals surface area contributed by atoms with Gasteiger partial charge in [0.25, 0.3) is 5.91 Å². The van der Waals surface area contributed by atoms with Crippen LogP contribution in [0.5, 0.6) is 5.75 Å². The Bertz CT molecular complexity index is 852. The van der Waals surface area contributed by atoms with Crippen molar-refractivity contribution < 1.29 is 9.53 Å². The van der Waals surface area contributed by atoms with Gasteiger partial charge in [0.15, 0.2) is 0 Å². The summed E-state index contributed by atoms with van der Waals surface area (Å²) in [6.45, 7) is 6.29. The molecule has 0 atom stereocenters. The van der Waals surface area contributed by atoms with Gasteiger partial charge < -0.3 is 15.0 Å². The molecule has 140 valence electrons. The topological polar surface area (TPSA) is 65.4 Å². The van der Waals surface area contributed by atoms with Gasteiger partial charge in [0.05, 0.1) is 12.8 Å². The van der Waals surface area contributed by atoms with Gasteiger partial charge in [-0.2, -0.15) is 5.26 Å². The minimum Gasteiger partial charge on any atom is -0.495 e. The Morgan fingerprint density at radius 3 is 2.56 bits per heavy atom. The van der Waals surface area contributed by atoms with Gasteiger partial charge in [0.1, 0.15) is 17.4 Å². The molecule has 2 aromatic rings. The average Bonchev–Trinajstić information content (AvgIpc) is 2.67. The zero-order valence-corrected chi connectivity index (χ0v) is 16.2. The van der Waals surface area contributed by atoms with Crippen LogP contribution in [0.3, 0.4) is 0 Å². The normalized spacial score (nSPS) is 11.0. The molecule has 5 heteroatoms. The van der Waals surface area contributed by atoms with E-state index in [0.29, 0.717) is 18.0 Å². The van der Waals surface area contributed by atoms with E-state index >= 15 is 0 Å². The molecule has 1 amide bonds. The van der Waals surface area contributed by atoms with Crippen molar-refractivity contribution in [2.24, 2.45) is 0 Å². The Labute approximate surface area is 160 Å². The molecule has 1 N–H and O–H groups in total. The fraction of sp³-hybridized carbons (Fsp3) is 0.273. The second-order valence-corrected chi connectivity index (χ2v) is 6.53. The van der Waals surface area contributed by atoms with Crippen molar-refractivity contribution in [1.82, 2.24) is 4.90 Å². The number of hydrogen-bond acceptors (Lipinski definition) is 4. The number of nitrogens with zero attached hydrogens (tertiary/aromatic N) is 2. The quantitative estimate of drug-likeness (QED) is 0.590. The van der Waals surface area contributed by atoms with Crippen LogP contribution in [0, 0.1) is 18.3 Å². The zero-order valence-electron chi connectivity index (χ0n) is 16.2. The summed E-state index contributed by atoms with van der Waals surface area (Å²) in [6.07, 6.45) is 1.44. The molecule has 0 saturated carbocycles. The van der Waals surface area contributed by atoms with Crippen molar-refractivity contribution in [2.75, 3.05) is 12.4 Å². The zero-order chi connectivity index (χ0) is 19.8. The Hall–Kier alpha value is -3.26. The standard InChI is InChI=1S/C22H25N3O2/c1-16(2)25(15-18-8-6-5-7-9-18)22(26)19(13-23)14-24-20-12-17(3)10-11-21(20)27-4/h5-12,14,16,24H,15H2,1-4H3/b19-14-. The number of amides is 1. The lowest BCUT2D eigenvalue weighted by Crippen LogP contribution is -2.37. The van der Waals surface area contributed by atoms with Gasteiger partial charge in [-0.15, -0.1) is 0 Å². The largest absolute Gasteiger partial charge is 0.495 e. The number of methoxy groups -OCH3 is 1. The van der Waals surface area contributed by atoms with Gasteiger partial charge >= 0.3 is 0 Å². The van der Waals surface area contributed by atoms with Crippen molar-refractivity contribution in [2.45, 2.75) is 33.4 Å². The molecule has 0 aliphatic rings. The van der Waals surface area contributed by atoms with E-state index in [-0.39, 0.29) is 17.5 Å². The fourth-order valence-corrected chi connectivity index (χ4v) is 2.65. The fourth-order valence-electron chi connectivity index (χ4n) is 2.65. The van der Waals surface area contributed by atoms with Crippen LogP contribution >= 0.6 is 0 Å². The van der Waals surface area contributed by atoms with Crippen molar-refractivity contribution in [3.8, 4) is 11.8 Å². The Kier molecular flexibility index (Phi) is 7.01. The highest BCUT2D eigenvalue weighted by Crippen LogP contribution is 2.25. The highest BCUT2D eigenvalue weighted by atomic mass is 16.5. The molecule has 2 aromatic carbocycles. The molecule has 5 nitrogen and oxygen atoms in total. The van der Waals surface area contributed by atoms with Crippen LogP contribution in [0.4, 0.5) is 5.69 Å². The number of hydrogen-bond donors (Lipinski definition) is 1. The summed E-state index contributed by atoms with van der Waals surface area (Å²) >= 11 is 0. The first-order valence-electron chi connectivity index (χ1n) is 8.82. The lowest BCUT2D eigenvalue weighted by Gasteiger charge is -2.26. The van der Waals surface area contributed by atoms with Crippen LogP contribution in [0.25, 0.3) is 0 Å². The summed E-state index contributed by atoms with van der Waals surface area (Å²) in [5, 5.41) is 12.6. The smallest absolute Gasteiger partial charge is 0.266 e. The van der Waals surface area contributed by atoms with Crippen LogP contribution in [0.15, 0.2) is 60.3 Å². The lowest BCUT2D eigenvalue weighted by molar-refractivity contribution is -0.129. The highest BCUT2D eigenvalue weighted by molar-refractivity contribution is 5.97. The van der Waals surface area contributed by atoms with Crippen LogP contribution < -0.4 is 10.1 Å². The number of carbonyl (C=O) groups excluding carboxylic acids is 1. The molecular formula is C22H25N3O2. The molecule has 0 aliphatic carbocycles. The second-order valence-electron chi connectivity index (χ2n) is 6.53. The number of nitriles is 1. The van der Waals surface area contributed by atoms with E-state index in [4.69, 9.17) is 4.74 Å². The third-order valence-corrected chi connectivity index (χ3v) is 4.16. The van der Waals surface area contributed by atoms with Crippen LogP contribution in [-0.4, -0.2) is 24.0 Å². The second kappa shape index (κ2) is 9.44. The number of rotatable bonds is 7. The van der Waals surface area contributed by atoms with Crippen LogP contribution in [-0.2, 0) is 11.3 Å². The van der Waals surface area contributed by atoms with E-state index in [9.17, 15) is 10.1 Å². The van der Waals surface area contributed by atoms with E-state index in [1.807, 2.05) is 75.4 Å². The molecule has 0 fully saturated rings. The van der Waals surface area contributed by atoms with E-state index in [1.54, 1.807) is 12.0 Å². The van der Waals surface area contributed by atoms with Gasteiger partial charge in [-0.3, -0.25) is 4.79 Å². The molecule has 0 saturated heterocycles. The Morgan fingerprint density at radius 2 is 1.96 bits per heavy atom. The van der Waals surface area contributed by atoms with Crippen molar-refractivity contribution >= 4 is 11.6 Å². The van der Waals surface area contributed by atoms with Crippen LogP contribution in [0.2, 0.25) is 0 Å².